The summed E-state index contributed by atoms with van der Waals surface area (Å²) < 4.78 is 15.9. The summed E-state index contributed by atoms with van der Waals surface area (Å²) in [5.41, 5.74) is 1.09. The fourth-order valence-corrected chi connectivity index (χ4v) is 3.14. The molecule has 0 saturated carbocycles. The quantitative estimate of drug-likeness (QED) is 0.592. The van der Waals surface area contributed by atoms with Gasteiger partial charge in [0.1, 0.15) is 13.2 Å². The Morgan fingerprint density at radius 2 is 1.60 bits per heavy atom. The van der Waals surface area contributed by atoms with Crippen LogP contribution < -0.4 is 19.7 Å². The molecule has 0 unspecified atom stereocenters. The molecular formula is C21H18N2O7. The molecule has 1 fully saturated rings. The number of carbonyl (C=O) groups is 4. The number of anilines is 2. The predicted molar refractivity (Wildman–Crippen MR) is 105 cm³/mol. The van der Waals surface area contributed by atoms with Crippen molar-refractivity contribution in [2.24, 2.45) is 0 Å². The second-order valence-corrected chi connectivity index (χ2v) is 6.65. The Hall–Kier alpha value is -3.88. The lowest BCUT2D eigenvalue weighted by Crippen LogP contribution is -2.28. The van der Waals surface area contributed by atoms with Gasteiger partial charge in [0, 0.05) is 24.6 Å². The maximum absolute atomic E-state index is 12.2. The van der Waals surface area contributed by atoms with Gasteiger partial charge < -0.3 is 19.5 Å². The molecule has 2 aromatic rings. The third-order valence-corrected chi connectivity index (χ3v) is 4.57. The minimum atomic E-state index is -0.696. The zero-order valence-corrected chi connectivity index (χ0v) is 15.9. The lowest BCUT2D eigenvalue weighted by Gasteiger charge is -2.19. The van der Waals surface area contributed by atoms with Crippen molar-refractivity contribution in [2.45, 2.75) is 12.8 Å². The first-order valence-corrected chi connectivity index (χ1v) is 9.34. The highest BCUT2D eigenvalue weighted by Gasteiger charge is 2.30. The van der Waals surface area contributed by atoms with Crippen molar-refractivity contribution in [2.75, 3.05) is 30.0 Å². The highest BCUT2D eigenvalue weighted by Crippen LogP contribution is 2.32. The van der Waals surface area contributed by atoms with Crippen LogP contribution in [0.25, 0.3) is 0 Å². The minimum absolute atomic E-state index is 0.182. The highest BCUT2D eigenvalue weighted by atomic mass is 16.6. The number of hydrogen-bond donors (Lipinski definition) is 1. The fourth-order valence-electron chi connectivity index (χ4n) is 3.14. The van der Waals surface area contributed by atoms with E-state index in [0.29, 0.717) is 36.1 Å². The molecule has 0 atom stereocenters. The van der Waals surface area contributed by atoms with Crippen LogP contribution in [0.3, 0.4) is 0 Å². The molecule has 9 heteroatoms. The molecule has 0 spiro atoms. The predicted octanol–water partition coefficient (Wildman–Crippen LogP) is 1.91. The second-order valence-electron chi connectivity index (χ2n) is 6.65. The maximum Gasteiger partial charge on any atom is 0.338 e. The van der Waals surface area contributed by atoms with E-state index in [-0.39, 0.29) is 30.2 Å². The van der Waals surface area contributed by atoms with Crippen LogP contribution in [0.2, 0.25) is 0 Å². The third-order valence-electron chi connectivity index (χ3n) is 4.57. The van der Waals surface area contributed by atoms with Gasteiger partial charge in [-0.15, -0.1) is 0 Å². The van der Waals surface area contributed by atoms with Crippen LogP contribution in [0.5, 0.6) is 11.5 Å². The molecule has 0 aliphatic carbocycles. The number of imide groups is 1. The Labute approximate surface area is 171 Å². The van der Waals surface area contributed by atoms with Crippen molar-refractivity contribution < 1.29 is 33.4 Å². The summed E-state index contributed by atoms with van der Waals surface area (Å²) in [6.45, 7) is 0.430. The van der Waals surface area contributed by atoms with Crippen LogP contribution in [-0.4, -0.2) is 43.5 Å². The maximum atomic E-state index is 12.2. The summed E-state index contributed by atoms with van der Waals surface area (Å²) in [5, 5.41) is 2.62. The SMILES string of the molecule is O=C(COC(=O)c1ccc(N2C(=O)CCC2=O)cc1)Nc1ccc2c(c1)OCCO2. The summed E-state index contributed by atoms with van der Waals surface area (Å²) in [6, 6.07) is 10.8. The van der Waals surface area contributed by atoms with Crippen molar-refractivity contribution in [3.8, 4) is 11.5 Å². The Morgan fingerprint density at radius 1 is 0.933 bits per heavy atom. The van der Waals surface area contributed by atoms with Gasteiger partial charge in [0.2, 0.25) is 11.8 Å². The number of ether oxygens (including phenoxy) is 3. The normalized spacial score (nSPS) is 15.1. The second kappa shape index (κ2) is 8.24. The first kappa shape index (κ1) is 19.4. The first-order chi connectivity index (χ1) is 14.5. The largest absolute Gasteiger partial charge is 0.486 e. The van der Waals surface area contributed by atoms with Gasteiger partial charge in [-0.3, -0.25) is 19.3 Å². The van der Waals surface area contributed by atoms with Crippen LogP contribution in [-0.2, 0) is 19.1 Å². The number of carbonyl (C=O) groups excluding carboxylic acids is 4. The van der Waals surface area contributed by atoms with Gasteiger partial charge in [0.15, 0.2) is 18.1 Å². The topological polar surface area (TPSA) is 111 Å². The zero-order chi connectivity index (χ0) is 21.1. The number of nitrogens with one attached hydrogen (secondary N) is 1. The van der Waals surface area contributed by atoms with Gasteiger partial charge in [-0.1, -0.05) is 0 Å². The molecule has 2 aliphatic rings. The van der Waals surface area contributed by atoms with E-state index in [4.69, 9.17) is 14.2 Å². The van der Waals surface area contributed by atoms with Crippen molar-refractivity contribution in [1.29, 1.82) is 0 Å². The highest BCUT2D eigenvalue weighted by molar-refractivity contribution is 6.19. The number of benzene rings is 2. The van der Waals surface area contributed by atoms with Crippen molar-refractivity contribution in [3.63, 3.8) is 0 Å². The molecule has 9 nitrogen and oxygen atoms in total. The molecule has 0 aromatic heterocycles. The molecule has 2 aliphatic heterocycles. The van der Waals surface area contributed by atoms with Crippen LogP contribution in [0.1, 0.15) is 23.2 Å². The fraction of sp³-hybridized carbons (Fsp3) is 0.238. The Morgan fingerprint density at radius 3 is 2.30 bits per heavy atom. The minimum Gasteiger partial charge on any atom is -0.486 e. The van der Waals surface area contributed by atoms with Crippen molar-refractivity contribution in [1.82, 2.24) is 0 Å². The summed E-state index contributed by atoms with van der Waals surface area (Å²) >= 11 is 0. The number of nitrogens with zero attached hydrogens (tertiary/aromatic N) is 1. The van der Waals surface area contributed by atoms with Crippen LogP contribution in [0.15, 0.2) is 42.5 Å². The average Bonchev–Trinajstić information content (AvgIpc) is 3.10. The number of hydrogen-bond acceptors (Lipinski definition) is 7. The average molecular weight is 410 g/mol. The van der Waals surface area contributed by atoms with Crippen molar-refractivity contribution in [3.05, 3.63) is 48.0 Å². The van der Waals surface area contributed by atoms with Crippen LogP contribution in [0.4, 0.5) is 11.4 Å². The van der Waals surface area contributed by atoms with Gasteiger partial charge in [-0.25, -0.2) is 4.79 Å². The number of rotatable bonds is 5. The number of esters is 1. The van der Waals surface area contributed by atoms with E-state index < -0.39 is 18.5 Å². The summed E-state index contributed by atoms with van der Waals surface area (Å²) in [4.78, 5) is 48.9. The smallest absolute Gasteiger partial charge is 0.338 e. The molecule has 2 aromatic carbocycles. The molecule has 30 heavy (non-hydrogen) atoms. The van der Waals surface area contributed by atoms with Gasteiger partial charge in [-0.2, -0.15) is 0 Å². The van der Waals surface area contributed by atoms with Crippen LogP contribution >= 0.6 is 0 Å². The van der Waals surface area contributed by atoms with Gasteiger partial charge in [-0.05, 0) is 36.4 Å². The Kier molecular flexibility index (Phi) is 5.34. The summed E-state index contributed by atoms with van der Waals surface area (Å²) in [6.07, 6.45) is 0.363. The molecule has 1 saturated heterocycles. The number of amides is 3. The van der Waals surface area contributed by atoms with Gasteiger partial charge in [0.25, 0.3) is 5.91 Å². The monoisotopic (exact) mass is 410 g/mol. The molecule has 2 heterocycles. The lowest BCUT2D eigenvalue weighted by molar-refractivity contribution is -0.121. The first-order valence-electron chi connectivity index (χ1n) is 9.34. The summed E-state index contributed by atoms with van der Waals surface area (Å²) in [7, 11) is 0. The van der Waals surface area contributed by atoms with E-state index in [1.165, 1.54) is 24.3 Å². The standard InChI is InChI=1S/C21H18N2O7/c24-18(22-14-3-6-16-17(11-14)29-10-9-28-16)12-30-21(27)13-1-4-15(5-2-13)23-19(25)7-8-20(23)26/h1-6,11H,7-10,12H2,(H,22,24). The zero-order valence-electron chi connectivity index (χ0n) is 15.9. The molecule has 0 radical (unpaired) electrons. The van der Waals surface area contributed by atoms with E-state index in [2.05, 4.69) is 5.32 Å². The lowest BCUT2D eigenvalue weighted by atomic mass is 10.2. The van der Waals surface area contributed by atoms with Crippen molar-refractivity contribution >= 4 is 35.1 Å². The van der Waals surface area contributed by atoms with E-state index in [9.17, 15) is 19.2 Å². The van der Waals surface area contributed by atoms with Crippen LogP contribution in [0, 0.1) is 0 Å². The van der Waals surface area contributed by atoms with E-state index in [1.807, 2.05) is 0 Å². The number of fused-ring (bicyclic) bond motifs is 1. The van der Waals surface area contributed by atoms with E-state index in [0.717, 1.165) is 4.90 Å². The van der Waals surface area contributed by atoms with Gasteiger partial charge >= 0.3 is 5.97 Å². The van der Waals surface area contributed by atoms with E-state index in [1.54, 1.807) is 18.2 Å². The molecule has 1 N–H and O–H groups in total. The Bertz CT molecular complexity index is 1000. The molecule has 3 amide bonds. The Balaban J connectivity index is 1.31. The summed E-state index contributed by atoms with van der Waals surface area (Å²) in [5.74, 6) is -0.613. The third kappa shape index (κ3) is 4.09. The van der Waals surface area contributed by atoms with E-state index >= 15 is 0 Å². The van der Waals surface area contributed by atoms with Gasteiger partial charge in [0.05, 0.1) is 11.3 Å². The molecule has 154 valence electrons. The molecular weight excluding hydrogens is 392 g/mol. The molecule has 0 bridgehead atoms. The molecule has 4 rings (SSSR count).